The van der Waals surface area contributed by atoms with Crippen LogP contribution in [0.3, 0.4) is 0 Å². The van der Waals surface area contributed by atoms with Gasteiger partial charge in [-0.15, -0.1) is 24.0 Å². The number of halogens is 2. The van der Waals surface area contributed by atoms with Crippen molar-refractivity contribution in [1.29, 1.82) is 0 Å². The summed E-state index contributed by atoms with van der Waals surface area (Å²) in [5.74, 6) is 0.349. The molecule has 1 aliphatic heterocycles. The van der Waals surface area contributed by atoms with Crippen LogP contribution >= 0.6 is 35.6 Å². The second-order valence-electron chi connectivity index (χ2n) is 5.47. The van der Waals surface area contributed by atoms with E-state index in [0.717, 1.165) is 36.8 Å². The van der Waals surface area contributed by atoms with Gasteiger partial charge in [0.25, 0.3) is 0 Å². The molecule has 1 aliphatic rings. The zero-order chi connectivity index (χ0) is 16.7. The van der Waals surface area contributed by atoms with Crippen molar-refractivity contribution in [2.24, 2.45) is 10.7 Å². The summed E-state index contributed by atoms with van der Waals surface area (Å²) in [4.78, 5) is 20.3. The standard InChI is InChI=1S/C16H24ClN5O.HI/c1-2-7-19-16(18)20-12-15(23)22-10-8-21(9-11-22)14-5-3-13(17)4-6-14;/h3-6H,2,7-12H2,1H3,(H3,18,19,20);1H. The van der Waals surface area contributed by atoms with Gasteiger partial charge in [-0.2, -0.15) is 0 Å². The van der Waals surface area contributed by atoms with Gasteiger partial charge in [0.05, 0.1) is 0 Å². The van der Waals surface area contributed by atoms with Crippen LogP contribution in [0, 0.1) is 0 Å². The third-order valence-corrected chi connectivity index (χ3v) is 4.02. The smallest absolute Gasteiger partial charge is 0.244 e. The molecule has 2 rings (SSSR count). The molecule has 1 saturated heterocycles. The third kappa shape index (κ3) is 6.35. The van der Waals surface area contributed by atoms with Gasteiger partial charge < -0.3 is 20.9 Å². The van der Waals surface area contributed by atoms with Gasteiger partial charge in [-0.05, 0) is 30.7 Å². The maximum Gasteiger partial charge on any atom is 0.244 e. The second-order valence-corrected chi connectivity index (χ2v) is 5.91. The Bertz CT molecular complexity index is 544. The lowest BCUT2D eigenvalue weighted by Crippen LogP contribution is -2.49. The van der Waals surface area contributed by atoms with Crippen LogP contribution in [0.2, 0.25) is 5.02 Å². The van der Waals surface area contributed by atoms with Gasteiger partial charge in [0.1, 0.15) is 6.54 Å². The first kappa shape index (κ1) is 20.8. The van der Waals surface area contributed by atoms with E-state index in [0.29, 0.717) is 19.0 Å². The number of amides is 1. The Balaban J connectivity index is 0.00000288. The number of carbonyl (C=O) groups is 1. The number of hydrogen-bond donors (Lipinski definition) is 2. The van der Waals surface area contributed by atoms with Crippen molar-refractivity contribution >= 4 is 53.1 Å². The number of nitrogens with zero attached hydrogens (tertiary/aromatic N) is 3. The van der Waals surface area contributed by atoms with Crippen molar-refractivity contribution in [3.05, 3.63) is 29.3 Å². The summed E-state index contributed by atoms with van der Waals surface area (Å²) in [6.07, 6.45) is 0.969. The van der Waals surface area contributed by atoms with Gasteiger partial charge in [0.2, 0.25) is 5.91 Å². The monoisotopic (exact) mass is 465 g/mol. The molecule has 0 saturated carbocycles. The van der Waals surface area contributed by atoms with Gasteiger partial charge >= 0.3 is 0 Å². The summed E-state index contributed by atoms with van der Waals surface area (Å²) in [5, 5.41) is 3.69. The molecule has 6 nitrogen and oxygen atoms in total. The van der Waals surface area contributed by atoms with Gasteiger partial charge in [0.15, 0.2) is 5.96 Å². The molecule has 3 N–H and O–H groups in total. The van der Waals surface area contributed by atoms with Crippen molar-refractivity contribution < 1.29 is 4.79 Å². The van der Waals surface area contributed by atoms with Crippen molar-refractivity contribution in [3.8, 4) is 0 Å². The Labute approximate surface area is 165 Å². The fourth-order valence-corrected chi connectivity index (χ4v) is 2.55. The molecular weight excluding hydrogens is 441 g/mol. The number of hydrogen-bond acceptors (Lipinski definition) is 3. The second kappa shape index (κ2) is 10.6. The molecule has 1 aromatic rings. The average Bonchev–Trinajstić information content (AvgIpc) is 2.58. The summed E-state index contributed by atoms with van der Waals surface area (Å²) in [5.41, 5.74) is 6.83. The SMILES string of the molecule is CCCNC(N)=NCC(=O)N1CCN(c2ccc(Cl)cc2)CC1.I. The molecule has 0 spiro atoms. The zero-order valence-corrected chi connectivity index (χ0v) is 17.0. The molecule has 0 bridgehead atoms. The van der Waals surface area contributed by atoms with Gasteiger partial charge in [0, 0.05) is 43.4 Å². The molecule has 24 heavy (non-hydrogen) atoms. The van der Waals surface area contributed by atoms with E-state index in [4.69, 9.17) is 17.3 Å². The minimum Gasteiger partial charge on any atom is -0.370 e. The lowest BCUT2D eigenvalue weighted by Gasteiger charge is -2.36. The average molecular weight is 466 g/mol. The number of nitrogens with one attached hydrogen (secondary N) is 1. The number of benzene rings is 1. The van der Waals surface area contributed by atoms with E-state index < -0.39 is 0 Å². The first-order valence-corrected chi connectivity index (χ1v) is 8.30. The van der Waals surface area contributed by atoms with Crippen LogP contribution < -0.4 is 16.0 Å². The number of piperazine rings is 1. The van der Waals surface area contributed by atoms with E-state index >= 15 is 0 Å². The van der Waals surface area contributed by atoms with E-state index in [1.54, 1.807) is 0 Å². The molecule has 0 radical (unpaired) electrons. The van der Waals surface area contributed by atoms with Crippen LogP contribution in [-0.4, -0.2) is 56.0 Å². The van der Waals surface area contributed by atoms with Crippen LogP contribution in [0.4, 0.5) is 5.69 Å². The van der Waals surface area contributed by atoms with Crippen molar-refractivity contribution in [3.63, 3.8) is 0 Å². The topological polar surface area (TPSA) is 74.0 Å². The predicted molar refractivity (Wildman–Crippen MR) is 110 cm³/mol. The maximum atomic E-state index is 12.2. The summed E-state index contributed by atoms with van der Waals surface area (Å²) in [7, 11) is 0. The van der Waals surface area contributed by atoms with Crippen LogP contribution in [0.15, 0.2) is 29.3 Å². The molecular formula is C16H25ClIN5O. The quantitative estimate of drug-likeness (QED) is 0.396. The fourth-order valence-electron chi connectivity index (χ4n) is 2.43. The summed E-state index contributed by atoms with van der Waals surface area (Å²) >= 11 is 5.91. The lowest BCUT2D eigenvalue weighted by molar-refractivity contribution is -0.129. The maximum absolute atomic E-state index is 12.2. The molecule has 0 aromatic heterocycles. The molecule has 1 heterocycles. The summed E-state index contributed by atoms with van der Waals surface area (Å²) < 4.78 is 0. The Kier molecular flexibility index (Phi) is 9.20. The molecule has 1 fully saturated rings. The van der Waals surface area contributed by atoms with E-state index in [-0.39, 0.29) is 36.4 Å². The van der Waals surface area contributed by atoms with Gasteiger partial charge in [-0.1, -0.05) is 18.5 Å². The highest BCUT2D eigenvalue weighted by Gasteiger charge is 2.20. The highest BCUT2D eigenvalue weighted by atomic mass is 127. The molecule has 1 aromatic carbocycles. The number of aliphatic imine (C=N–C) groups is 1. The summed E-state index contributed by atoms with van der Waals surface area (Å²) in [6.45, 7) is 5.91. The van der Waals surface area contributed by atoms with Crippen LogP contribution in [0.25, 0.3) is 0 Å². The van der Waals surface area contributed by atoms with Crippen molar-refractivity contribution in [2.45, 2.75) is 13.3 Å². The van der Waals surface area contributed by atoms with Crippen LogP contribution in [0.1, 0.15) is 13.3 Å². The lowest BCUT2D eigenvalue weighted by atomic mass is 10.2. The highest BCUT2D eigenvalue weighted by molar-refractivity contribution is 14.0. The van der Waals surface area contributed by atoms with E-state index in [2.05, 4.69) is 15.2 Å². The molecule has 0 unspecified atom stereocenters. The molecule has 1 amide bonds. The number of carbonyl (C=O) groups excluding carboxylic acids is 1. The van der Waals surface area contributed by atoms with Crippen molar-refractivity contribution in [1.82, 2.24) is 10.2 Å². The fraction of sp³-hybridized carbons (Fsp3) is 0.500. The summed E-state index contributed by atoms with van der Waals surface area (Å²) in [6, 6.07) is 7.78. The minimum atomic E-state index is 0. The predicted octanol–water partition coefficient (Wildman–Crippen LogP) is 1.92. The van der Waals surface area contributed by atoms with Gasteiger partial charge in [-0.25, -0.2) is 4.99 Å². The Hall–Kier alpha value is -1.22. The van der Waals surface area contributed by atoms with Gasteiger partial charge in [-0.3, -0.25) is 4.79 Å². The Morgan fingerprint density at radius 3 is 2.46 bits per heavy atom. The molecule has 0 atom stereocenters. The number of rotatable bonds is 5. The number of anilines is 1. The largest absolute Gasteiger partial charge is 0.370 e. The molecule has 0 aliphatic carbocycles. The van der Waals surface area contributed by atoms with E-state index in [1.807, 2.05) is 36.1 Å². The van der Waals surface area contributed by atoms with E-state index in [9.17, 15) is 4.79 Å². The van der Waals surface area contributed by atoms with Crippen molar-refractivity contribution in [2.75, 3.05) is 44.2 Å². The zero-order valence-electron chi connectivity index (χ0n) is 13.9. The molecule has 134 valence electrons. The normalized spacial score (nSPS) is 15.0. The number of nitrogens with two attached hydrogens (primary N) is 1. The number of guanidine groups is 1. The molecule has 8 heteroatoms. The Morgan fingerprint density at radius 2 is 1.88 bits per heavy atom. The van der Waals surface area contributed by atoms with E-state index in [1.165, 1.54) is 0 Å². The highest BCUT2D eigenvalue weighted by Crippen LogP contribution is 2.19. The Morgan fingerprint density at radius 1 is 1.25 bits per heavy atom. The van der Waals surface area contributed by atoms with Crippen LogP contribution in [0.5, 0.6) is 0 Å². The first-order chi connectivity index (χ1) is 11.1. The van der Waals surface area contributed by atoms with Crippen LogP contribution in [-0.2, 0) is 4.79 Å². The third-order valence-electron chi connectivity index (χ3n) is 3.76. The first-order valence-electron chi connectivity index (χ1n) is 7.92. The minimum absolute atomic E-state index is 0.